The van der Waals surface area contributed by atoms with Gasteiger partial charge in [-0.2, -0.15) is 0 Å². The van der Waals surface area contributed by atoms with E-state index in [4.69, 9.17) is 11.6 Å². The fourth-order valence-corrected chi connectivity index (χ4v) is 5.31. The van der Waals surface area contributed by atoms with Crippen LogP contribution in [0, 0.1) is 0 Å². The average molecular weight is 412 g/mol. The van der Waals surface area contributed by atoms with Crippen LogP contribution in [0.5, 0.6) is 0 Å². The minimum atomic E-state index is -2.99. The van der Waals surface area contributed by atoms with E-state index < -0.39 is 9.84 Å². The van der Waals surface area contributed by atoms with Crippen LogP contribution >= 0.6 is 23.4 Å². The Labute approximate surface area is 166 Å². The maximum absolute atomic E-state index is 11.4. The van der Waals surface area contributed by atoms with Gasteiger partial charge in [0, 0.05) is 16.9 Å². The second-order valence-electron chi connectivity index (χ2n) is 6.44. The summed E-state index contributed by atoms with van der Waals surface area (Å²) in [6, 6.07) is 12.0. The number of sulfone groups is 1. The van der Waals surface area contributed by atoms with Crippen molar-refractivity contribution >= 4 is 33.2 Å². The second-order valence-corrected chi connectivity index (χ2v) is 9.97. The molecule has 0 radical (unpaired) electrons. The van der Waals surface area contributed by atoms with E-state index in [1.165, 1.54) is 27.8 Å². The molecule has 0 unspecified atom stereocenters. The highest BCUT2D eigenvalue weighted by Gasteiger charge is 2.15. The minimum Gasteiger partial charge on any atom is -0.316 e. The van der Waals surface area contributed by atoms with Crippen molar-refractivity contribution in [1.29, 1.82) is 0 Å². The fourth-order valence-electron chi connectivity index (χ4n) is 3.06. The summed E-state index contributed by atoms with van der Waals surface area (Å²) in [6.07, 6.45) is 3.31. The van der Waals surface area contributed by atoms with E-state index in [2.05, 4.69) is 11.4 Å². The number of hydrogen-bond acceptors (Lipinski definition) is 4. The van der Waals surface area contributed by atoms with Gasteiger partial charge in [0.15, 0.2) is 9.84 Å². The third-order valence-electron chi connectivity index (χ3n) is 4.27. The van der Waals surface area contributed by atoms with Crippen molar-refractivity contribution in [2.24, 2.45) is 0 Å². The molecule has 0 fully saturated rings. The van der Waals surface area contributed by atoms with Gasteiger partial charge in [-0.15, -0.1) is 11.8 Å². The number of rotatable bonds is 5. The second kappa shape index (κ2) is 9.27. The molecule has 0 atom stereocenters. The van der Waals surface area contributed by atoms with Gasteiger partial charge in [-0.1, -0.05) is 49.4 Å². The molecule has 26 heavy (non-hydrogen) atoms. The van der Waals surface area contributed by atoms with Crippen molar-refractivity contribution in [2.75, 3.05) is 19.3 Å². The summed E-state index contributed by atoms with van der Waals surface area (Å²) in [5, 5.41) is 4.26. The molecule has 0 aromatic heterocycles. The van der Waals surface area contributed by atoms with Gasteiger partial charge < -0.3 is 5.32 Å². The fraction of sp³-hybridized carbons (Fsp3) is 0.400. The van der Waals surface area contributed by atoms with Gasteiger partial charge in [0.05, 0.1) is 10.8 Å². The molecule has 0 saturated carbocycles. The van der Waals surface area contributed by atoms with Crippen LogP contribution in [0.15, 0.2) is 41.3 Å². The van der Waals surface area contributed by atoms with Gasteiger partial charge in [-0.05, 0) is 54.3 Å². The highest BCUT2D eigenvalue weighted by atomic mass is 35.5. The molecule has 1 aliphatic heterocycles. The zero-order valence-electron chi connectivity index (χ0n) is 14.2. The van der Waals surface area contributed by atoms with Crippen LogP contribution in [0.1, 0.15) is 29.7 Å². The van der Waals surface area contributed by atoms with E-state index in [1.807, 2.05) is 30.3 Å². The van der Waals surface area contributed by atoms with Gasteiger partial charge in [0.1, 0.15) is 0 Å². The molecular formula is C20H26ClNO2S2. The number of thioether (sulfide) groups is 1. The first-order valence-electron chi connectivity index (χ1n) is 8.32. The summed E-state index contributed by atoms with van der Waals surface area (Å²) in [5.41, 5.74) is 4.76. The Bertz CT molecular complexity index is 849. The smallest absolute Gasteiger partial charge is 0.151 e. The van der Waals surface area contributed by atoms with Gasteiger partial charge in [-0.25, -0.2) is 8.42 Å². The van der Waals surface area contributed by atoms with Crippen LogP contribution in [0.3, 0.4) is 0 Å². The first-order chi connectivity index (χ1) is 11.9. The Morgan fingerprint density at radius 3 is 2.38 bits per heavy atom. The number of nitrogens with one attached hydrogen (secondary N) is 1. The third-order valence-corrected chi connectivity index (χ3v) is 6.78. The van der Waals surface area contributed by atoms with Crippen molar-refractivity contribution in [1.82, 2.24) is 5.32 Å². The van der Waals surface area contributed by atoms with Crippen molar-refractivity contribution in [2.45, 2.75) is 36.7 Å². The molecule has 1 N–H and O–H groups in total. The van der Waals surface area contributed by atoms with Crippen LogP contribution in [-0.2, 0) is 34.2 Å². The summed E-state index contributed by atoms with van der Waals surface area (Å²) in [7, 11) is -2.99. The Morgan fingerprint density at radius 1 is 1.04 bits per heavy atom. The zero-order chi connectivity index (χ0) is 17.9. The topological polar surface area (TPSA) is 46.2 Å². The molecule has 0 spiro atoms. The Hall–Kier alpha value is -1.01. The van der Waals surface area contributed by atoms with Gasteiger partial charge >= 0.3 is 0 Å². The van der Waals surface area contributed by atoms with E-state index in [0.29, 0.717) is 0 Å². The molecule has 0 amide bonds. The molecule has 142 valence electrons. The number of benzene rings is 2. The van der Waals surface area contributed by atoms with E-state index in [-0.39, 0.29) is 13.2 Å². The van der Waals surface area contributed by atoms with Crippen molar-refractivity contribution in [3.8, 4) is 0 Å². The molecule has 0 aliphatic carbocycles. The minimum absolute atomic E-state index is 0. The van der Waals surface area contributed by atoms with Crippen LogP contribution in [0.4, 0.5) is 0 Å². The summed E-state index contributed by atoms with van der Waals surface area (Å²) < 4.78 is 22.7. The van der Waals surface area contributed by atoms with Crippen LogP contribution in [-0.4, -0.2) is 27.8 Å². The largest absolute Gasteiger partial charge is 0.316 e. The highest BCUT2D eigenvalue weighted by Crippen LogP contribution is 2.36. The Balaban J connectivity index is 0.00000243. The maximum Gasteiger partial charge on any atom is 0.151 e. The first kappa shape index (κ1) is 21.3. The van der Waals surface area contributed by atoms with Gasteiger partial charge in [0.25, 0.3) is 0 Å². The Morgan fingerprint density at radius 2 is 1.69 bits per heavy atom. The molecule has 2 aromatic rings. The lowest BCUT2D eigenvalue weighted by Gasteiger charge is -2.14. The van der Waals surface area contributed by atoms with Crippen molar-refractivity contribution in [3.05, 3.63) is 63.7 Å². The monoisotopic (exact) mass is 411 g/mol. The predicted octanol–water partition coefficient (Wildman–Crippen LogP) is 4.50. The summed E-state index contributed by atoms with van der Waals surface area (Å²) >= 11 is 8.24. The quantitative estimate of drug-likeness (QED) is 0.735. The van der Waals surface area contributed by atoms with Crippen molar-refractivity contribution in [3.63, 3.8) is 0 Å². The van der Waals surface area contributed by atoms with E-state index in [1.54, 1.807) is 11.8 Å². The molecule has 0 saturated heterocycles. The molecular weight excluding hydrogens is 386 g/mol. The lowest BCUT2D eigenvalue weighted by Crippen LogP contribution is -2.16. The van der Waals surface area contributed by atoms with Gasteiger partial charge in [-0.3, -0.25) is 0 Å². The average Bonchev–Trinajstić information content (AvgIpc) is 2.79. The van der Waals surface area contributed by atoms with Crippen LogP contribution in [0.2, 0.25) is 5.02 Å². The molecule has 2 aromatic carbocycles. The molecule has 1 heterocycles. The van der Waals surface area contributed by atoms with E-state index in [9.17, 15) is 8.42 Å². The molecule has 1 aliphatic rings. The third kappa shape index (κ3) is 5.74. The van der Waals surface area contributed by atoms with Crippen molar-refractivity contribution < 1.29 is 8.42 Å². The number of fused-ring (bicyclic) bond motifs is 1. The molecule has 6 heteroatoms. The van der Waals surface area contributed by atoms with Gasteiger partial charge in [0.2, 0.25) is 0 Å². The van der Waals surface area contributed by atoms with Crippen LogP contribution in [0.25, 0.3) is 0 Å². The van der Waals surface area contributed by atoms with Crippen LogP contribution < -0.4 is 5.32 Å². The van der Waals surface area contributed by atoms with E-state index >= 15 is 0 Å². The molecule has 3 rings (SSSR count). The lowest BCUT2D eigenvalue weighted by molar-refractivity contribution is 0.601. The molecule has 3 nitrogen and oxygen atoms in total. The maximum atomic E-state index is 11.4. The number of hydrogen-bond donors (Lipinski definition) is 1. The standard InChI is InChI=1S/C19H22ClNO2S2.CH4/c1-25(22,23)13-15-4-2-14(3-5-15)12-24-19-17-9-11-21-10-8-16(17)6-7-18(19)20;/h2-7,21H,8-13H2,1H3;1H4. The highest BCUT2D eigenvalue weighted by molar-refractivity contribution is 7.98. The SMILES string of the molecule is C.CS(=O)(=O)Cc1ccc(CSc2c(Cl)ccc3c2CCNCC3)cc1. The summed E-state index contributed by atoms with van der Waals surface area (Å²) in [4.78, 5) is 1.18. The summed E-state index contributed by atoms with van der Waals surface area (Å²) in [5.74, 6) is 0.911. The predicted molar refractivity (Wildman–Crippen MR) is 113 cm³/mol. The Kier molecular flexibility index (Phi) is 7.59. The first-order valence-corrected chi connectivity index (χ1v) is 11.7. The zero-order valence-corrected chi connectivity index (χ0v) is 16.6. The summed E-state index contributed by atoms with van der Waals surface area (Å²) in [6.45, 7) is 2.00. The van der Waals surface area contributed by atoms with E-state index in [0.717, 1.165) is 42.3 Å². The lowest BCUT2D eigenvalue weighted by atomic mass is 10.0. The normalized spacial score (nSPS) is 14.2. The number of halogens is 1. The molecule has 0 bridgehead atoms.